The van der Waals surface area contributed by atoms with Gasteiger partial charge in [-0.05, 0) is 30.7 Å². The summed E-state index contributed by atoms with van der Waals surface area (Å²) in [5.74, 6) is -1.34. The van der Waals surface area contributed by atoms with Crippen LogP contribution in [-0.2, 0) is 9.62 Å². The van der Waals surface area contributed by atoms with Gasteiger partial charge in [0, 0.05) is 0 Å². The Morgan fingerprint density at radius 2 is 1.93 bits per heavy atom. The maximum Gasteiger partial charge on any atom is 0.373 e. The fourth-order valence-corrected chi connectivity index (χ4v) is 1.19. The number of aryl methyl sites for hydroxylation is 1. The fraction of sp³-hybridized carbons (Fsp3) is 0.200. The summed E-state index contributed by atoms with van der Waals surface area (Å²) in [7, 11) is 1.27. The summed E-state index contributed by atoms with van der Waals surface area (Å²) in [5, 5.41) is 8.20. The zero-order valence-corrected chi connectivity index (χ0v) is 8.31. The van der Waals surface area contributed by atoms with Gasteiger partial charge in [-0.2, -0.15) is 5.26 Å². The molecule has 0 radical (unpaired) electrons. The molecule has 0 aliphatic heterocycles. The lowest BCUT2D eigenvalue weighted by molar-refractivity contribution is -0.182. The number of carbonyl (C=O) groups excluding carboxylic acids is 2. The van der Waals surface area contributed by atoms with E-state index in [-0.39, 0.29) is 5.56 Å². The average Bonchev–Trinajstić information content (AvgIpc) is 2.26. The first-order valence-corrected chi connectivity index (χ1v) is 4.15. The summed E-state index contributed by atoms with van der Waals surface area (Å²) >= 11 is 0. The van der Waals surface area contributed by atoms with E-state index in [1.807, 2.05) is 0 Å². The summed E-state index contributed by atoms with van der Waals surface area (Å²) in [6.07, 6.45) is 0. The second kappa shape index (κ2) is 4.56. The van der Waals surface area contributed by atoms with E-state index in [0.717, 1.165) is 0 Å². The lowest BCUT2D eigenvalue weighted by Crippen LogP contribution is -2.07. The molecule has 0 bridgehead atoms. The van der Waals surface area contributed by atoms with Gasteiger partial charge in [0.2, 0.25) is 0 Å². The van der Waals surface area contributed by atoms with Crippen LogP contribution in [0.4, 0.5) is 0 Å². The van der Waals surface area contributed by atoms with Crippen LogP contribution < -0.4 is 0 Å². The minimum absolute atomic E-state index is 0.199. The van der Waals surface area contributed by atoms with E-state index in [1.165, 1.54) is 25.3 Å². The van der Waals surface area contributed by atoms with Crippen molar-refractivity contribution in [2.75, 3.05) is 7.11 Å². The molecule has 1 aromatic carbocycles. The number of ether oxygens (including phenoxy) is 1. The quantitative estimate of drug-likeness (QED) is 0.454. The molecule has 0 saturated carbocycles. The molecule has 0 aliphatic carbocycles. The van der Waals surface area contributed by atoms with Gasteiger partial charge in [0.25, 0.3) is 0 Å². The van der Waals surface area contributed by atoms with Crippen molar-refractivity contribution >= 4 is 11.9 Å². The fourth-order valence-electron chi connectivity index (χ4n) is 1.19. The molecule has 1 N–H and O–H groups in total. The predicted octanol–water partition coefficient (Wildman–Crippen LogP) is 1.41. The zero-order chi connectivity index (χ0) is 11.4. The lowest BCUT2D eigenvalue weighted by Gasteiger charge is -2.04. The van der Waals surface area contributed by atoms with Gasteiger partial charge in [0.15, 0.2) is 0 Å². The molecule has 0 unspecified atom stereocenters. The van der Waals surface area contributed by atoms with Gasteiger partial charge in [-0.3, -0.25) is 4.89 Å². The van der Waals surface area contributed by atoms with Crippen molar-refractivity contribution in [1.29, 1.82) is 0 Å². The minimum atomic E-state index is -0.857. The monoisotopic (exact) mass is 210 g/mol. The molecule has 0 atom stereocenters. The van der Waals surface area contributed by atoms with Gasteiger partial charge in [-0.1, -0.05) is 0 Å². The van der Waals surface area contributed by atoms with Crippen molar-refractivity contribution in [3.05, 3.63) is 34.9 Å². The lowest BCUT2D eigenvalue weighted by atomic mass is 10.1. The van der Waals surface area contributed by atoms with E-state index in [2.05, 4.69) is 9.62 Å². The first-order chi connectivity index (χ1) is 7.10. The number of methoxy groups -OCH3 is 1. The third-order valence-electron chi connectivity index (χ3n) is 1.95. The molecule has 1 rings (SSSR count). The van der Waals surface area contributed by atoms with Crippen LogP contribution >= 0.6 is 0 Å². The first kappa shape index (κ1) is 11.2. The predicted molar refractivity (Wildman–Crippen MR) is 50.6 cm³/mol. The minimum Gasteiger partial charge on any atom is -0.465 e. The Bertz CT molecular complexity index is 397. The van der Waals surface area contributed by atoms with E-state index in [9.17, 15) is 9.59 Å². The summed E-state index contributed by atoms with van der Waals surface area (Å²) < 4.78 is 4.51. The van der Waals surface area contributed by atoms with Crippen molar-refractivity contribution in [3.63, 3.8) is 0 Å². The van der Waals surface area contributed by atoms with Gasteiger partial charge in [0.1, 0.15) is 0 Å². The smallest absolute Gasteiger partial charge is 0.373 e. The Balaban J connectivity index is 3.08. The van der Waals surface area contributed by atoms with Crippen LogP contribution in [-0.4, -0.2) is 24.3 Å². The summed E-state index contributed by atoms with van der Waals surface area (Å²) in [5.41, 5.74) is 1.06. The summed E-state index contributed by atoms with van der Waals surface area (Å²) in [4.78, 5) is 25.7. The van der Waals surface area contributed by atoms with Crippen LogP contribution in [0.1, 0.15) is 26.3 Å². The summed E-state index contributed by atoms with van der Waals surface area (Å²) in [6.45, 7) is 1.62. The van der Waals surface area contributed by atoms with Crippen molar-refractivity contribution in [2.45, 2.75) is 6.92 Å². The second-order valence-corrected chi connectivity index (χ2v) is 2.90. The van der Waals surface area contributed by atoms with Gasteiger partial charge < -0.3 is 4.74 Å². The maximum atomic E-state index is 11.1. The normalized spacial score (nSPS) is 9.53. The third-order valence-corrected chi connectivity index (χ3v) is 1.95. The van der Waals surface area contributed by atoms with E-state index < -0.39 is 11.9 Å². The van der Waals surface area contributed by atoms with Gasteiger partial charge in [-0.15, -0.1) is 0 Å². The number of rotatable bonds is 2. The Labute approximate surface area is 86.2 Å². The Hall–Kier alpha value is -1.88. The standard InChI is InChI=1S/C10H10O5/c1-6-5-7(9(11)14-2)3-4-8(6)10(12)15-13/h3-5,13H,1-2H3. The molecule has 0 aromatic heterocycles. The first-order valence-electron chi connectivity index (χ1n) is 4.15. The summed E-state index contributed by atoms with van der Waals surface area (Å²) in [6, 6.07) is 4.29. The molecule has 0 spiro atoms. The molecule has 80 valence electrons. The Kier molecular flexibility index (Phi) is 3.41. The number of carbonyl (C=O) groups is 2. The third kappa shape index (κ3) is 2.32. The molecule has 0 amide bonds. The molecular formula is C10H10O5. The van der Waals surface area contributed by atoms with Crippen molar-refractivity contribution in [1.82, 2.24) is 0 Å². The SMILES string of the molecule is COC(=O)c1ccc(C(=O)OO)c(C)c1. The van der Waals surface area contributed by atoms with Crippen molar-refractivity contribution in [2.24, 2.45) is 0 Å². The van der Waals surface area contributed by atoms with Gasteiger partial charge in [-0.25, -0.2) is 9.59 Å². The number of hydrogen-bond donors (Lipinski definition) is 1. The topological polar surface area (TPSA) is 72.8 Å². The molecule has 5 nitrogen and oxygen atoms in total. The van der Waals surface area contributed by atoms with E-state index in [1.54, 1.807) is 6.92 Å². The highest BCUT2D eigenvalue weighted by atomic mass is 17.1. The van der Waals surface area contributed by atoms with E-state index in [0.29, 0.717) is 11.1 Å². The molecule has 0 heterocycles. The van der Waals surface area contributed by atoms with Crippen LogP contribution in [0.25, 0.3) is 0 Å². The molecule has 1 aromatic rings. The van der Waals surface area contributed by atoms with Crippen LogP contribution in [0.5, 0.6) is 0 Å². The Morgan fingerprint density at radius 3 is 2.40 bits per heavy atom. The molecule has 0 saturated heterocycles. The van der Waals surface area contributed by atoms with Crippen molar-refractivity contribution < 1.29 is 24.5 Å². The number of hydrogen-bond acceptors (Lipinski definition) is 5. The molecule has 15 heavy (non-hydrogen) atoms. The van der Waals surface area contributed by atoms with E-state index >= 15 is 0 Å². The maximum absolute atomic E-state index is 11.1. The second-order valence-electron chi connectivity index (χ2n) is 2.90. The molecular weight excluding hydrogens is 200 g/mol. The number of esters is 1. The van der Waals surface area contributed by atoms with Crippen LogP contribution in [0, 0.1) is 6.92 Å². The highest BCUT2D eigenvalue weighted by molar-refractivity contribution is 5.94. The Morgan fingerprint density at radius 1 is 1.27 bits per heavy atom. The highest BCUT2D eigenvalue weighted by Gasteiger charge is 2.13. The molecule has 5 heteroatoms. The van der Waals surface area contributed by atoms with Gasteiger partial charge in [0.05, 0.1) is 18.2 Å². The molecule has 0 aliphatic rings. The molecule has 0 fully saturated rings. The van der Waals surface area contributed by atoms with Crippen LogP contribution in [0.15, 0.2) is 18.2 Å². The van der Waals surface area contributed by atoms with E-state index in [4.69, 9.17) is 5.26 Å². The van der Waals surface area contributed by atoms with Crippen LogP contribution in [0.2, 0.25) is 0 Å². The number of benzene rings is 1. The highest BCUT2D eigenvalue weighted by Crippen LogP contribution is 2.12. The largest absolute Gasteiger partial charge is 0.465 e. The van der Waals surface area contributed by atoms with Crippen molar-refractivity contribution in [3.8, 4) is 0 Å². The average molecular weight is 210 g/mol. The van der Waals surface area contributed by atoms with Gasteiger partial charge >= 0.3 is 11.9 Å². The van der Waals surface area contributed by atoms with Crippen LogP contribution in [0.3, 0.4) is 0 Å². The zero-order valence-electron chi connectivity index (χ0n) is 8.31.